The van der Waals surface area contributed by atoms with Crippen LogP contribution < -0.4 is 10.1 Å². The van der Waals surface area contributed by atoms with Crippen LogP contribution in [0.4, 0.5) is 5.82 Å². The fourth-order valence-electron chi connectivity index (χ4n) is 1.30. The molecule has 0 aromatic carbocycles. The van der Waals surface area contributed by atoms with E-state index >= 15 is 0 Å². The minimum Gasteiger partial charge on any atom is -0.475 e. The van der Waals surface area contributed by atoms with Gasteiger partial charge in [-0.05, 0) is 6.92 Å². The highest BCUT2D eigenvalue weighted by atomic mass is 16.5. The summed E-state index contributed by atoms with van der Waals surface area (Å²) in [7, 11) is 3.49. The van der Waals surface area contributed by atoms with Crippen LogP contribution in [0.3, 0.4) is 0 Å². The van der Waals surface area contributed by atoms with Crippen molar-refractivity contribution in [2.24, 2.45) is 0 Å². The zero-order valence-corrected chi connectivity index (χ0v) is 10.3. The standard InChI is InChI=1S/C11H19N3O2/c1-5-9-13-10(12-3)8(2)11(14-9)16-7-6-15-4/h5-7H2,1-4H3,(H,12,13,14). The lowest BCUT2D eigenvalue weighted by Gasteiger charge is -2.12. The van der Waals surface area contributed by atoms with Crippen molar-refractivity contribution < 1.29 is 9.47 Å². The summed E-state index contributed by atoms with van der Waals surface area (Å²) >= 11 is 0. The number of anilines is 1. The van der Waals surface area contributed by atoms with Crippen LogP contribution in [-0.4, -0.2) is 37.3 Å². The fourth-order valence-corrected chi connectivity index (χ4v) is 1.30. The van der Waals surface area contributed by atoms with Gasteiger partial charge in [-0.3, -0.25) is 0 Å². The molecule has 0 fully saturated rings. The minimum absolute atomic E-state index is 0.501. The third-order valence-electron chi connectivity index (χ3n) is 2.23. The van der Waals surface area contributed by atoms with Gasteiger partial charge in [0.2, 0.25) is 5.88 Å². The second-order valence-corrected chi connectivity index (χ2v) is 3.36. The topological polar surface area (TPSA) is 56.3 Å². The molecule has 1 rings (SSSR count). The highest BCUT2D eigenvalue weighted by Crippen LogP contribution is 2.21. The molecule has 0 radical (unpaired) electrons. The summed E-state index contributed by atoms with van der Waals surface area (Å²) in [5.41, 5.74) is 0.927. The van der Waals surface area contributed by atoms with E-state index in [0.717, 1.165) is 23.6 Å². The summed E-state index contributed by atoms with van der Waals surface area (Å²) < 4.78 is 10.5. The zero-order valence-electron chi connectivity index (χ0n) is 10.3. The van der Waals surface area contributed by atoms with Gasteiger partial charge in [0.15, 0.2) is 0 Å². The van der Waals surface area contributed by atoms with E-state index in [4.69, 9.17) is 9.47 Å². The number of rotatable bonds is 6. The Bertz CT molecular complexity index is 342. The van der Waals surface area contributed by atoms with E-state index in [2.05, 4.69) is 15.3 Å². The summed E-state index contributed by atoms with van der Waals surface area (Å²) in [6.45, 7) is 5.01. The number of ether oxygens (including phenoxy) is 2. The molecule has 0 bridgehead atoms. The highest BCUT2D eigenvalue weighted by molar-refractivity contribution is 5.48. The Hall–Kier alpha value is -1.36. The summed E-state index contributed by atoms with van der Waals surface area (Å²) in [6, 6.07) is 0. The van der Waals surface area contributed by atoms with E-state index in [9.17, 15) is 0 Å². The van der Waals surface area contributed by atoms with Crippen molar-refractivity contribution in [3.8, 4) is 5.88 Å². The predicted molar refractivity (Wildman–Crippen MR) is 63.1 cm³/mol. The van der Waals surface area contributed by atoms with E-state index < -0.39 is 0 Å². The van der Waals surface area contributed by atoms with E-state index in [-0.39, 0.29) is 0 Å². The molecule has 1 heterocycles. The third kappa shape index (κ3) is 3.06. The first-order valence-corrected chi connectivity index (χ1v) is 5.39. The van der Waals surface area contributed by atoms with Gasteiger partial charge in [-0.1, -0.05) is 6.92 Å². The normalized spacial score (nSPS) is 10.2. The van der Waals surface area contributed by atoms with E-state index in [1.165, 1.54) is 0 Å². The minimum atomic E-state index is 0.501. The fraction of sp³-hybridized carbons (Fsp3) is 0.636. The molecule has 0 unspecified atom stereocenters. The SMILES string of the molecule is CCc1nc(NC)c(C)c(OCCOC)n1. The Morgan fingerprint density at radius 3 is 2.56 bits per heavy atom. The van der Waals surface area contributed by atoms with Gasteiger partial charge in [-0.2, -0.15) is 4.98 Å². The van der Waals surface area contributed by atoms with Crippen molar-refractivity contribution >= 4 is 5.82 Å². The predicted octanol–water partition coefficient (Wildman–Crippen LogP) is 1.41. The van der Waals surface area contributed by atoms with Crippen LogP contribution in [0.2, 0.25) is 0 Å². The first kappa shape index (κ1) is 12.7. The molecule has 0 saturated carbocycles. The second-order valence-electron chi connectivity index (χ2n) is 3.36. The molecule has 0 amide bonds. The molecule has 0 saturated heterocycles. The van der Waals surface area contributed by atoms with E-state index in [0.29, 0.717) is 19.1 Å². The van der Waals surface area contributed by atoms with Gasteiger partial charge in [0, 0.05) is 20.6 Å². The maximum atomic E-state index is 5.55. The third-order valence-corrected chi connectivity index (χ3v) is 2.23. The molecule has 1 N–H and O–H groups in total. The lowest BCUT2D eigenvalue weighted by atomic mass is 10.3. The van der Waals surface area contributed by atoms with Crippen molar-refractivity contribution in [1.82, 2.24) is 9.97 Å². The van der Waals surface area contributed by atoms with E-state index in [1.54, 1.807) is 7.11 Å². The molecule has 5 nitrogen and oxygen atoms in total. The molecule has 1 aromatic rings. The van der Waals surface area contributed by atoms with Crippen molar-refractivity contribution in [3.63, 3.8) is 0 Å². The number of aromatic nitrogens is 2. The molecule has 0 spiro atoms. The van der Waals surface area contributed by atoms with Crippen LogP contribution in [0.25, 0.3) is 0 Å². The molecule has 0 atom stereocenters. The lowest BCUT2D eigenvalue weighted by molar-refractivity contribution is 0.143. The number of aryl methyl sites for hydroxylation is 1. The Labute approximate surface area is 96.2 Å². The average Bonchev–Trinajstić information content (AvgIpc) is 2.31. The first-order valence-electron chi connectivity index (χ1n) is 5.39. The molecule has 1 aromatic heterocycles. The van der Waals surface area contributed by atoms with Crippen LogP contribution in [0.15, 0.2) is 0 Å². The van der Waals surface area contributed by atoms with Crippen LogP contribution in [0, 0.1) is 6.92 Å². The van der Waals surface area contributed by atoms with Crippen LogP contribution in [0.5, 0.6) is 5.88 Å². The number of nitrogens with one attached hydrogen (secondary N) is 1. The molecule has 5 heteroatoms. The summed E-state index contributed by atoms with van der Waals surface area (Å²) in [6.07, 6.45) is 0.787. The molecule has 90 valence electrons. The van der Waals surface area contributed by atoms with Crippen molar-refractivity contribution in [1.29, 1.82) is 0 Å². The number of hydrogen-bond donors (Lipinski definition) is 1. The van der Waals surface area contributed by atoms with E-state index in [1.807, 2.05) is 20.9 Å². The van der Waals surface area contributed by atoms with Gasteiger partial charge >= 0.3 is 0 Å². The van der Waals surface area contributed by atoms with Crippen molar-refractivity contribution in [2.75, 3.05) is 32.7 Å². The van der Waals surface area contributed by atoms with Crippen molar-refractivity contribution in [2.45, 2.75) is 20.3 Å². The Morgan fingerprint density at radius 1 is 1.25 bits per heavy atom. The Morgan fingerprint density at radius 2 is 2.00 bits per heavy atom. The summed E-state index contributed by atoms with van der Waals surface area (Å²) in [5.74, 6) is 2.23. The molecule has 16 heavy (non-hydrogen) atoms. The van der Waals surface area contributed by atoms with Gasteiger partial charge < -0.3 is 14.8 Å². The summed E-state index contributed by atoms with van der Waals surface area (Å²) in [5, 5.41) is 3.04. The van der Waals surface area contributed by atoms with Gasteiger partial charge in [-0.15, -0.1) is 0 Å². The van der Waals surface area contributed by atoms with Gasteiger partial charge in [0.05, 0.1) is 12.2 Å². The zero-order chi connectivity index (χ0) is 12.0. The molecular weight excluding hydrogens is 206 g/mol. The average molecular weight is 225 g/mol. The summed E-state index contributed by atoms with van der Waals surface area (Å²) in [4.78, 5) is 8.71. The molecule has 0 aliphatic rings. The second kappa shape index (κ2) is 6.27. The number of methoxy groups -OCH3 is 1. The smallest absolute Gasteiger partial charge is 0.221 e. The van der Waals surface area contributed by atoms with Gasteiger partial charge in [0.25, 0.3) is 0 Å². The maximum absolute atomic E-state index is 5.55. The van der Waals surface area contributed by atoms with Crippen molar-refractivity contribution in [3.05, 3.63) is 11.4 Å². The highest BCUT2D eigenvalue weighted by Gasteiger charge is 2.09. The first-order chi connectivity index (χ1) is 7.72. The van der Waals surface area contributed by atoms with Crippen LogP contribution in [0.1, 0.15) is 18.3 Å². The van der Waals surface area contributed by atoms with Gasteiger partial charge in [0.1, 0.15) is 18.2 Å². The largest absolute Gasteiger partial charge is 0.475 e. The van der Waals surface area contributed by atoms with Crippen LogP contribution in [-0.2, 0) is 11.2 Å². The molecule has 0 aliphatic heterocycles. The maximum Gasteiger partial charge on any atom is 0.221 e. The number of hydrogen-bond acceptors (Lipinski definition) is 5. The lowest BCUT2D eigenvalue weighted by Crippen LogP contribution is -2.10. The monoisotopic (exact) mass is 225 g/mol. The Kier molecular flexibility index (Phi) is 4.98. The molecule has 0 aliphatic carbocycles. The molecular formula is C11H19N3O2. The Balaban J connectivity index is 2.88. The van der Waals surface area contributed by atoms with Crippen LogP contribution >= 0.6 is 0 Å². The quantitative estimate of drug-likeness (QED) is 0.742. The number of nitrogens with zero attached hydrogens (tertiary/aromatic N) is 2. The van der Waals surface area contributed by atoms with Gasteiger partial charge in [-0.25, -0.2) is 4.98 Å².